The lowest BCUT2D eigenvalue weighted by Gasteiger charge is -2.10. The molecule has 0 radical (unpaired) electrons. The molecule has 26 heavy (non-hydrogen) atoms. The molecule has 0 spiro atoms. The fourth-order valence-corrected chi connectivity index (χ4v) is 2.48. The lowest BCUT2D eigenvalue weighted by Crippen LogP contribution is -2.37. The lowest BCUT2D eigenvalue weighted by atomic mass is 10.1. The van der Waals surface area contributed by atoms with Crippen molar-refractivity contribution in [3.05, 3.63) is 71.9 Å². The maximum atomic E-state index is 5.58. The molecule has 134 valence electrons. The van der Waals surface area contributed by atoms with Crippen LogP contribution in [0.1, 0.15) is 16.8 Å². The number of oxazole rings is 1. The number of nitrogens with zero attached hydrogens (tertiary/aromatic N) is 3. The van der Waals surface area contributed by atoms with E-state index < -0.39 is 0 Å². The molecule has 0 fully saturated rings. The number of hydrogen-bond donors (Lipinski definition) is 2. The monoisotopic (exact) mass is 349 g/mol. The molecule has 2 N–H and O–H groups in total. The Morgan fingerprint density at radius 1 is 1.15 bits per heavy atom. The highest BCUT2D eigenvalue weighted by Gasteiger charge is 2.07. The van der Waals surface area contributed by atoms with E-state index in [4.69, 9.17) is 4.42 Å². The van der Waals surface area contributed by atoms with Gasteiger partial charge in [0.2, 0.25) is 5.89 Å². The van der Waals surface area contributed by atoms with E-state index in [0.717, 1.165) is 30.2 Å². The van der Waals surface area contributed by atoms with Crippen LogP contribution in [-0.4, -0.2) is 29.5 Å². The van der Waals surface area contributed by atoms with Crippen molar-refractivity contribution in [2.45, 2.75) is 19.9 Å². The molecule has 1 aromatic carbocycles. The van der Waals surface area contributed by atoms with Gasteiger partial charge in [0.15, 0.2) is 5.96 Å². The fraction of sp³-hybridized carbons (Fsp3) is 0.250. The standard InChI is InChI=1S/C20H23N5O/c1-15-5-7-17(8-6-15)19-25-18(14-26-19)13-24-20(21-2)23-11-9-16-4-3-10-22-12-16/h3-8,10,12,14H,9,11,13H2,1-2H3,(H2,21,23,24). The van der Waals surface area contributed by atoms with E-state index in [9.17, 15) is 0 Å². The third-order valence-corrected chi connectivity index (χ3v) is 3.94. The Kier molecular flexibility index (Phi) is 5.98. The van der Waals surface area contributed by atoms with Crippen molar-refractivity contribution in [1.82, 2.24) is 20.6 Å². The minimum Gasteiger partial charge on any atom is -0.444 e. The summed E-state index contributed by atoms with van der Waals surface area (Å²) in [6, 6.07) is 12.1. The lowest BCUT2D eigenvalue weighted by molar-refractivity contribution is 0.572. The molecule has 0 saturated heterocycles. The van der Waals surface area contributed by atoms with Gasteiger partial charge in [0, 0.05) is 31.5 Å². The number of nitrogens with one attached hydrogen (secondary N) is 2. The number of aryl methyl sites for hydroxylation is 1. The van der Waals surface area contributed by atoms with Gasteiger partial charge < -0.3 is 15.1 Å². The van der Waals surface area contributed by atoms with Gasteiger partial charge in [-0.2, -0.15) is 0 Å². The average Bonchev–Trinajstić information content (AvgIpc) is 3.15. The minimum atomic E-state index is 0.544. The predicted octanol–water partition coefficient (Wildman–Crippen LogP) is 2.95. The van der Waals surface area contributed by atoms with Crippen LogP contribution in [0.25, 0.3) is 11.5 Å². The van der Waals surface area contributed by atoms with E-state index in [1.807, 2.05) is 36.5 Å². The van der Waals surface area contributed by atoms with Crippen LogP contribution in [0, 0.1) is 6.92 Å². The van der Waals surface area contributed by atoms with Gasteiger partial charge in [0.1, 0.15) is 6.26 Å². The average molecular weight is 349 g/mol. The van der Waals surface area contributed by atoms with Gasteiger partial charge in [0.05, 0.1) is 12.2 Å². The highest BCUT2D eigenvalue weighted by molar-refractivity contribution is 5.79. The Morgan fingerprint density at radius 2 is 2.00 bits per heavy atom. The first-order chi connectivity index (χ1) is 12.7. The van der Waals surface area contributed by atoms with E-state index >= 15 is 0 Å². The zero-order chi connectivity index (χ0) is 18.2. The Hall–Kier alpha value is -3.15. The van der Waals surface area contributed by atoms with Crippen LogP contribution in [0.2, 0.25) is 0 Å². The van der Waals surface area contributed by atoms with Crippen LogP contribution in [-0.2, 0) is 13.0 Å². The molecular weight excluding hydrogens is 326 g/mol. The third kappa shape index (κ3) is 4.92. The van der Waals surface area contributed by atoms with Crippen molar-refractivity contribution < 1.29 is 4.42 Å². The Balaban J connectivity index is 1.49. The highest BCUT2D eigenvalue weighted by atomic mass is 16.3. The van der Waals surface area contributed by atoms with Gasteiger partial charge in [-0.05, 0) is 37.1 Å². The summed E-state index contributed by atoms with van der Waals surface area (Å²) < 4.78 is 5.58. The fourth-order valence-electron chi connectivity index (χ4n) is 2.48. The first kappa shape index (κ1) is 17.7. The largest absolute Gasteiger partial charge is 0.444 e. The number of guanidine groups is 1. The number of rotatable bonds is 6. The summed E-state index contributed by atoms with van der Waals surface area (Å²) >= 11 is 0. The van der Waals surface area contributed by atoms with Gasteiger partial charge in [-0.1, -0.05) is 23.8 Å². The van der Waals surface area contributed by atoms with E-state index in [0.29, 0.717) is 12.4 Å². The van der Waals surface area contributed by atoms with Crippen LogP contribution >= 0.6 is 0 Å². The Labute approximate surface area is 153 Å². The molecule has 0 aliphatic carbocycles. The van der Waals surface area contributed by atoms with Crippen LogP contribution in [0.5, 0.6) is 0 Å². The molecule has 0 saturated carbocycles. The van der Waals surface area contributed by atoms with E-state index in [2.05, 4.69) is 38.6 Å². The van der Waals surface area contributed by atoms with Crippen molar-refractivity contribution in [2.75, 3.05) is 13.6 Å². The van der Waals surface area contributed by atoms with Crippen molar-refractivity contribution in [3.63, 3.8) is 0 Å². The van der Waals surface area contributed by atoms with Gasteiger partial charge in [0.25, 0.3) is 0 Å². The van der Waals surface area contributed by atoms with Crippen LogP contribution in [0.4, 0.5) is 0 Å². The zero-order valence-electron chi connectivity index (χ0n) is 15.1. The first-order valence-electron chi connectivity index (χ1n) is 8.59. The molecule has 0 aliphatic heterocycles. The summed E-state index contributed by atoms with van der Waals surface area (Å²) in [6.45, 7) is 3.38. The van der Waals surface area contributed by atoms with Gasteiger partial charge in [-0.15, -0.1) is 0 Å². The third-order valence-electron chi connectivity index (χ3n) is 3.94. The molecule has 6 heteroatoms. The second kappa shape index (κ2) is 8.80. The molecule has 0 atom stereocenters. The van der Waals surface area contributed by atoms with E-state index in [-0.39, 0.29) is 0 Å². The summed E-state index contributed by atoms with van der Waals surface area (Å²) in [5.74, 6) is 1.36. The Morgan fingerprint density at radius 3 is 2.73 bits per heavy atom. The van der Waals surface area contributed by atoms with E-state index in [1.165, 1.54) is 11.1 Å². The van der Waals surface area contributed by atoms with Crippen molar-refractivity contribution >= 4 is 5.96 Å². The van der Waals surface area contributed by atoms with Crippen LogP contribution < -0.4 is 10.6 Å². The molecular formula is C20H23N5O. The summed E-state index contributed by atoms with van der Waals surface area (Å²) in [6.07, 6.45) is 6.21. The SMILES string of the molecule is CN=C(NCCc1cccnc1)NCc1coc(-c2ccc(C)cc2)n1. The quantitative estimate of drug-likeness (QED) is 0.529. The molecule has 2 heterocycles. The van der Waals surface area contributed by atoms with Gasteiger partial charge >= 0.3 is 0 Å². The molecule has 3 aromatic rings. The number of benzene rings is 1. The first-order valence-corrected chi connectivity index (χ1v) is 8.59. The van der Waals surface area contributed by atoms with Crippen LogP contribution in [0.3, 0.4) is 0 Å². The summed E-state index contributed by atoms with van der Waals surface area (Å²) in [5, 5.41) is 6.53. The maximum Gasteiger partial charge on any atom is 0.226 e. The second-order valence-corrected chi connectivity index (χ2v) is 5.97. The zero-order valence-corrected chi connectivity index (χ0v) is 15.1. The topological polar surface area (TPSA) is 75.3 Å². The van der Waals surface area contributed by atoms with Crippen molar-refractivity contribution in [2.24, 2.45) is 4.99 Å². The molecule has 2 aromatic heterocycles. The normalized spacial score (nSPS) is 11.4. The number of pyridine rings is 1. The van der Waals surface area contributed by atoms with E-state index in [1.54, 1.807) is 19.5 Å². The van der Waals surface area contributed by atoms with Crippen molar-refractivity contribution in [3.8, 4) is 11.5 Å². The second-order valence-electron chi connectivity index (χ2n) is 5.97. The molecule has 0 aliphatic rings. The van der Waals surface area contributed by atoms with Crippen molar-refractivity contribution in [1.29, 1.82) is 0 Å². The minimum absolute atomic E-state index is 0.544. The molecule has 6 nitrogen and oxygen atoms in total. The smallest absolute Gasteiger partial charge is 0.226 e. The summed E-state index contributed by atoms with van der Waals surface area (Å²) in [7, 11) is 1.75. The summed E-state index contributed by atoms with van der Waals surface area (Å²) in [5.41, 5.74) is 4.20. The highest BCUT2D eigenvalue weighted by Crippen LogP contribution is 2.18. The molecule has 3 rings (SSSR count). The molecule has 0 unspecified atom stereocenters. The number of aliphatic imine (C=N–C) groups is 1. The van der Waals surface area contributed by atoms with Gasteiger partial charge in [-0.25, -0.2) is 4.98 Å². The van der Waals surface area contributed by atoms with Gasteiger partial charge in [-0.3, -0.25) is 9.98 Å². The number of aromatic nitrogens is 2. The predicted molar refractivity (Wildman–Crippen MR) is 103 cm³/mol. The number of hydrogen-bond acceptors (Lipinski definition) is 4. The maximum absolute atomic E-state index is 5.58. The molecule has 0 bridgehead atoms. The van der Waals surface area contributed by atoms with Crippen LogP contribution in [0.15, 0.2) is 64.5 Å². The molecule has 0 amide bonds. The Bertz CT molecular complexity index is 840. The summed E-state index contributed by atoms with van der Waals surface area (Å²) in [4.78, 5) is 12.9.